The molecular weight excluding hydrogens is 96.1 g/mol. The quantitative estimate of drug-likeness (QED) is 0.375. The maximum Gasteiger partial charge on any atom is 0.00922 e. The van der Waals surface area contributed by atoms with Gasteiger partial charge in [0.2, 0.25) is 0 Å². The first-order chi connectivity index (χ1) is 3.91. The van der Waals surface area contributed by atoms with Gasteiger partial charge in [-0.15, -0.1) is 0 Å². The van der Waals surface area contributed by atoms with Gasteiger partial charge >= 0.3 is 0 Å². The van der Waals surface area contributed by atoms with Gasteiger partial charge in [-0.25, -0.2) is 0 Å². The first-order valence-electron chi connectivity index (χ1n) is 2.80. The van der Waals surface area contributed by atoms with Gasteiger partial charge in [0.15, 0.2) is 0 Å². The van der Waals surface area contributed by atoms with Crippen molar-refractivity contribution in [3.05, 3.63) is 19.6 Å². The highest BCUT2D eigenvalue weighted by molar-refractivity contribution is 5.11. The summed E-state index contributed by atoms with van der Waals surface area (Å²) in [7, 11) is 0. The Hall–Kier alpha value is -0.700. The van der Waals surface area contributed by atoms with Crippen LogP contribution in [0.15, 0.2) is 12.7 Å². The molecule has 0 saturated heterocycles. The normalized spacial score (nSPS) is 7.12. The molecule has 0 heteroatoms. The highest BCUT2D eigenvalue weighted by Crippen LogP contribution is 1.89. The van der Waals surface area contributed by atoms with Crippen LogP contribution < -0.4 is 0 Å². The van der Waals surface area contributed by atoms with Gasteiger partial charge in [0.05, 0.1) is 0 Å². The molecule has 0 atom stereocenters. The number of rotatable bonds is 2. The highest BCUT2D eigenvalue weighted by Gasteiger charge is 1.73. The Labute approximate surface area is 51.6 Å². The van der Waals surface area contributed by atoms with Crippen LogP contribution in [0.5, 0.6) is 0 Å². The maximum absolute atomic E-state index is 3.69. The van der Waals surface area contributed by atoms with Gasteiger partial charge in [-0.2, -0.15) is 0 Å². The fourth-order valence-electron chi connectivity index (χ4n) is 0.358. The summed E-state index contributed by atoms with van der Waals surface area (Å²) in [5.41, 5.74) is 0. The third kappa shape index (κ3) is 5.30. The van der Waals surface area contributed by atoms with Crippen LogP contribution >= 0.6 is 0 Å². The number of hydrogen-bond acceptors (Lipinski definition) is 0. The largest absolute Gasteiger partial charge is 0.0985 e. The van der Waals surface area contributed by atoms with Crippen LogP contribution in [0.2, 0.25) is 0 Å². The van der Waals surface area contributed by atoms with Crippen LogP contribution in [0.25, 0.3) is 0 Å². The summed E-state index contributed by atoms with van der Waals surface area (Å²) in [6.07, 6.45) is 4.64. The van der Waals surface area contributed by atoms with Gasteiger partial charge in [0.25, 0.3) is 0 Å². The van der Waals surface area contributed by atoms with Gasteiger partial charge in [-0.05, 0) is 12.5 Å². The predicted octanol–water partition coefficient (Wildman–Crippen LogP) is 2.18. The first kappa shape index (κ1) is 7.30. The van der Waals surface area contributed by atoms with Gasteiger partial charge in [-0.3, -0.25) is 0 Å². The third-order valence-corrected chi connectivity index (χ3v) is 0.756. The monoisotopic (exact) mass is 107 g/mol. The molecule has 43 valence electrons. The molecule has 0 rings (SSSR count). The molecule has 1 radical (unpaired) electrons. The van der Waals surface area contributed by atoms with Crippen molar-refractivity contribution in [1.82, 2.24) is 0 Å². The van der Waals surface area contributed by atoms with Crippen LogP contribution in [0, 0.1) is 18.8 Å². The summed E-state index contributed by atoms with van der Waals surface area (Å²) < 4.78 is 0. The molecular formula is C8H11. The van der Waals surface area contributed by atoms with E-state index in [1.807, 2.05) is 0 Å². The predicted molar refractivity (Wildman–Crippen MR) is 37.2 cm³/mol. The van der Waals surface area contributed by atoms with E-state index >= 15 is 0 Å². The standard InChI is InChI=1S/C8H11/c1-3-5-7-8-6-4-2/h3H,1-2,4,6,8H2. The van der Waals surface area contributed by atoms with E-state index in [-0.39, 0.29) is 0 Å². The summed E-state index contributed by atoms with van der Waals surface area (Å²) in [5.74, 6) is 5.70. The third-order valence-electron chi connectivity index (χ3n) is 0.756. The second-order valence-corrected chi connectivity index (χ2v) is 1.48. The zero-order valence-electron chi connectivity index (χ0n) is 5.11. The van der Waals surface area contributed by atoms with E-state index < -0.39 is 0 Å². The number of allylic oxidation sites excluding steroid dienone is 1. The van der Waals surface area contributed by atoms with E-state index in [0.29, 0.717) is 0 Å². The van der Waals surface area contributed by atoms with Crippen LogP contribution in [-0.4, -0.2) is 0 Å². The van der Waals surface area contributed by atoms with Crippen molar-refractivity contribution in [1.29, 1.82) is 0 Å². The summed E-state index contributed by atoms with van der Waals surface area (Å²) in [4.78, 5) is 0. The zero-order valence-corrected chi connectivity index (χ0v) is 5.11. The van der Waals surface area contributed by atoms with E-state index in [0.717, 1.165) is 19.3 Å². The molecule has 0 nitrogen and oxygen atoms in total. The molecule has 0 fully saturated rings. The molecule has 0 aliphatic carbocycles. The van der Waals surface area contributed by atoms with Crippen molar-refractivity contribution < 1.29 is 0 Å². The molecule has 0 aromatic rings. The summed E-state index contributed by atoms with van der Waals surface area (Å²) in [6, 6.07) is 0. The number of hydrogen-bond donors (Lipinski definition) is 0. The molecule has 8 heavy (non-hydrogen) atoms. The fourth-order valence-corrected chi connectivity index (χ4v) is 0.358. The SMILES string of the molecule is [CH2]CCCC#CC=C. The topological polar surface area (TPSA) is 0 Å². The van der Waals surface area contributed by atoms with Gasteiger partial charge < -0.3 is 0 Å². The maximum atomic E-state index is 3.69. The molecule has 0 bridgehead atoms. The molecule has 0 aliphatic heterocycles. The lowest BCUT2D eigenvalue weighted by molar-refractivity contribution is 0.883. The average Bonchev–Trinajstić information content (AvgIpc) is 1.81. The minimum Gasteiger partial charge on any atom is -0.0985 e. The lowest BCUT2D eigenvalue weighted by Crippen LogP contribution is -1.65. The second kappa shape index (κ2) is 6.30. The molecule has 0 heterocycles. The molecule has 0 aromatic heterocycles. The van der Waals surface area contributed by atoms with E-state index in [2.05, 4.69) is 25.3 Å². The Bertz CT molecular complexity index is 101. The van der Waals surface area contributed by atoms with Crippen molar-refractivity contribution in [3.63, 3.8) is 0 Å². The van der Waals surface area contributed by atoms with Crippen LogP contribution in [0.4, 0.5) is 0 Å². The first-order valence-corrected chi connectivity index (χ1v) is 2.80. The summed E-state index contributed by atoms with van der Waals surface area (Å²) in [5, 5.41) is 0. The minimum atomic E-state index is 0.954. The molecule has 0 saturated carbocycles. The molecule has 0 unspecified atom stereocenters. The van der Waals surface area contributed by atoms with E-state index in [9.17, 15) is 0 Å². The Kier molecular flexibility index (Phi) is 5.75. The van der Waals surface area contributed by atoms with Crippen LogP contribution in [0.1, 0.15) is 19.3 Å². The van der Waals surface area contributed by atoms with E-state index in [4.69, 9.17) is 0 Å². The summed E-state index contributed by atoms with van der Waals surface area (Å²) in [6.45, 7) is 7.16. The van der Waals surface area contributed by atoms with Crippen molar-refractivity contribution >= 4 is 0 Å². The van der Waals surface area contributed by atoms with Crippen molar-refractivity contribution in [2.45, 2.75) is 19.3 Å². The van der Waals surface area contributed by atoms with Gasteiger partial charge in [0.1, 0.15) is 0 Å². The fraction of sp³-hybridized carbons (Fsp3) is 0.375. The van der Waals surface area contributed by atoms with Crippen LogP contribution in [-0.2, 0) is 0 Å². The Balaban J connectivity index is 3.02. The zero-order chi connectivity index (χ0) is 6.24. The second-order valence-electron chi connectivity index (χ2n) is 1.48. The Morgan fingerprint density at radius 3 is 2.75 bits per heavy atom. The van der Waals surface area contributed by atoms with E-state index in [1.54, 1.807) is 6.08 Å². The minimum absolute atomic E-state index is 0.954. The van der Waals surface area contributed by atoms with Crippen LogP contribution in [0.3, 0.4) is 0 Å². The lowest BCUT2D eigenvalue weighted by atomic mass is 10.2. The molecule has 0 spiro atoms. The lowest BCUT2D eigenvalue weighted by Gasteiger charge is -1.80. The van der Waals surface area contributed by atoms with E-state index in [1.165, 1.54) is 0 Å². The van der Waals surface area contributed by atoms with Crippen molar-refractivity contribution in [2.24, 2.45) is 0 Å². The summed E-state index contributed by atoms with van der Waals surface area (Å²) >= 11 is 0. The van der Waals surface area contributed by atoms with Gasteiger partial charge in [-0.1, -0.05) is 31.8 Å². The van der Waals surface area contributed by atoms with Crippen molar-refractivity contribution in [2.75, 3.05) is 0 Å². The molecule has 0 aliphatic rings. The smallest absolute Gasteiger partial charge is 0.00922 e. The highest BCUT2D eigenvalue weighted by atomic mass is 13.8. The molecule has 0 N–H and O–H groups in total. The Morgan fingerprint density at radius 2 is 2.25 bits per heavy atom. The Morgan fingerprint density at radius 1 is 1.50 bits per heavy atom. The van der Waals surface area contributed by atoms with Gasteiger partial charge in [0, 0.05) is 6.42 Å². The van der Waals surface area contributed by atoms with Crippen molar-refractivity contribution in [3.8, 4) is 11.8 Å². The molecule has 0 amide bonds. The average molecular weight is 107 g/mol. The number of unbranched alkanes of at least 4 members (excludes halogenated alkanes) is 2. The molecule has 0 aromatic carbocycles.